The van der Waals surface area contributed by atoms with Crippen molar-refractivity contribution >= 4 is 17.7 Å². The number of aromatic nitrogens is 2. The lowest BCUT2D eigenvalue weighted by atomic mass is 9.81. The Labute approximate surface area is 198 Å². The van der Waals surface area contributed by atoms with Crippen LogP contribution in [0, 0.1) is 11.8 Å². The zero-order valence-electron chi connectivity index (χ0n) is 19.0. The zero-order chi connectivity index (χ0) is 23.5. The minimum Gasteiger partial charge on any atom is -0.350 e. The second kappa shape index (κ2) is 9.63. The van der Waals surface area contributed by atoms with Crippen molar-refractivity contribution in [3.63, 3.8) is 0 Å². The van der Waals surface area contributed by atoms with Crippen LogP contribution in [0.5, 0.6) is 0 Å². The first-order valence-corrected chi connectivity index (χ1v) is 11.9. The molecular formula is C27H28N4O3. The number of rotatable bonds is 7. The molecule has 7 nitrogen and oxygen atoms in total. The third kappa shape index (κ3) is 4.51. The fraction of sp³-hybridized carbons (Fsp3) is 0.333. The number of nitrogens with one attached hydrogen (secondary N) is 1. The van der Waals surface area contributed by atoms with E-state index in [2.05, 4.69) is 5.32 Å². The molecule has 174 valence electrons. The molecule has 1 aliphatic carbocycles. The number of amides is 3. The molecule has 34 heavy (non-hydrogen) atoms. The first-order chi connectivity index (χ1) is 16.6. The molecule has 1 aromatic heterocycles. The van der Waals surface area contributed by atoms with Crippen molar-refractivity contribution < 1.29 is 14.4 Å². The summed E-state index contributed by atoms with van der Waals surface area (Å²) in [6.07, 6.45) is 5.37. The highest BCUT2D eigenvalue weighted by atomic mass is 16.2. The van der Waals surface area contributed by atoms with Crippen molar-refractivity contribution in [3.05, 3.63) is 78.0 Å². The van der Waals surface area contributed by atoms with E-state index in [0.29, 0.717) is 6.54 Å². The summed E-state index contributed by atoms with van der Waals surface area (Å²) in [7, 11) is 0. The van der Waals surface area contributed by atoms with Gasteiger partial charge in [0.1, 0.15) is 6.54 Å². The van der Waals surface area contributed by atoms with Crippen molar-refractivity contribution in [1.29, 1.82) is 0 Å². The van der Waals surface area contributed by atoms with E-state index < -0.39 is 0 Å². The molecule has 2 fully saturated rings. The van der Waals surface area contributed by atoms with Crippen LogP contribution in [0.3, 0.4) is 0 Å². The summed E-state index contributed by atoms with van der Waals surface area (Å²) in [5, 5.41) is 7.67. The number of carbonyl (C=O) groups excluding carboxylic acids is 3. The summed E-state index contributed by atoms with van der Waals surface area (Å²) in [5.74, 6) is -1.20. The average Bonchev–Trinajstić information content (AvgIpc) is 3.38. The van der Waals surface area contributed by atoms with Gasteiger partial charge in [0.25, 0.3) is 0 Å². The standard InChI is InChI=1S/C27H28N4O3/c32-24(18-31-26(33)22-13-7-8-14-23(22)27(31)34)28-15-21-17-30(16-19-9-3-1-4-10-19)29-25(21)20-11-5-2-6-12-20/h1-6,9-12,17,22-23H,7-8,13-16,18H2,(H,28,32)/t22-,23+. The Morgan fingerprint density at radius 1 is 0.912 bits per heavy atom. The van der Waals surface area contributed by atoms with Crippen LogP contribution in [0.25, 0.3) is 11.3 Å². The van der Waals surface area contributed by atoms with E-state index >= 15 is 0 Å². The Hall–Kier alpha value is -3.74. The smallest absolute Gasteiger partial charge is 0.240 e. The number of nitrogens with zero attached hydrogens (tertiary/aromatic N) is 3. The molecule has 2 aliphatic rings. The minimum atomic E-state index is -0.338. The van der Waals surface area contributed by atoms with Gasteiger partial charge < -0.3 is 5.32 Å². The summed E-state index contributed by atoms with van der Waals surface area (Å²) in [6, 6.07) is 19.9. The Balaban J connectivity index is 1.29. The van der Waals surface area contributed by atoms with Crippen LogP contribution in [0.2, 0.25) is 0 Å². The molecule has 0 spiro atoms. The maximum Gasteiger partial charge on any atom is 0.240 e. The van der Waals surface area contributed by atoms with Gasteiger partial charge in [0.05, 0.1) is 24.1 Å². The molecular weight excluding hydrogens is 428 g/mol. The second-order valence-electron chi connectivity index (χ2n) is 9.09. The number of likely N-dealkylation sites (tertiary alicyclic amines) is 1. The molecule has 5 rings (SSSR count). The van der Waals surface area contributed by atoms with E-state index in [4.69, 9.17) is 5.10 Å². The van der Waals surface area contributed by atoms with Gasteiger partial charge in [0.15, 0.2) is 0 Å². The lowest BCUT2D eigenvalue weighted by Crippen LogP contribution is -2.40. The number of carbonyl (C=O) groups is 3. The molecule has 0 radical (unpaired) electrons. The molecule has 3 aromatic rings. The first kappa shape index (κ1) is 22.1. The van der Waals surface area contributed by atoms with Crippen LogP contribution >= 0.6 is 0 Å². The van der Waals surface area contributed by atoms with Gasteiger partial charge in [-0.2, -0.15) is 5.10 Å². The van der Waals surface area contributed by atoms with Gasteiger partial charge in [0, 0.05) is 23.9 Å². The summed E-state index contributed by atoms with van der Waals surface area (Å²) in [6.45, 7) is 0.665. The van der Waals surface area contributed by atoms with Gasteiger partial charge >= 0.3 is 0 Å². The van der Waals surface area contributed by atoms with Crippen LogP contribution in [-0.4, -0.2) is 38.9 Å². The van der Waals surface area contributed by atoms with Crippen molar-refractivity contribution in [2.45, 2.75) is 38.8 Å². The molecule has 2 atom stereocenters. The van der Waals surface area contributed by atoms with E-state index in [1.807, 2.05) is 71.5 Å². The van der Waals surface area contributed by atoms with Crippen LogP contribution in [0.4, 0.5) is 0 Å². The van der Waals surface area contributed by atoms with E-state index in [1.54, 1.807) is 0 Å². The third-order valence-corrected chi connectivity index (χ3v) is 6.78. The summed E-state index contributed by atoms with van der Waals surface area (Å²) < 4.78 is 1.87. The van der Waals surface area contributed by atoms with E-state index in [0.717, 1.165) is 53.0 Å². The third-order valence-electron chi connectivity index (χ3n) is 6.78. The molecule has 0 unspecified atom stereocenters. The predicted octanol–water partition coefficient (Wildman–Crippen LogP) is 3.39. The predicted molar refractivity (Wildman–Crippen MR) is 127 cm³/mol. The van der Waals surface area contributed by atoms with Crippen molar-refractivity contribution in [2.75, 3.05) is 6.54 Å². The van der Waals surface area contributed by atoms with E-state index in [9.17, 15) is 14.4 Å². The largest absolute Gasteiger partial charge is 0.350 e. The fourth-order valence-electron chi connectivity index (χ4n) is 5.06. The Bertz CT molecular complexity index is 1170. The summed E-state index contributed by atoms with van der Waals surface area (Å²) >= 11 is 0. The number of hydrogen-bond acceptors (Lipinski definition) is 4. The quantitative estimate of drug-likeness (QED) is 0.553. The lowest BCUT2D eigenvalue weighted by molar-refractivity contribution is -0.143. The number of imide groups is 1. The lowest BCUT2D eigenvalue weighted by Gasteiger charge is -2.19. The van der Waals surface area contributed by atoms with Crippen LogP contribution in [0.15, 0.2) is 66.9 Å². The fourth-order valence-corrected chi connectivity index (χ4v) is 5.06. The van der Waals surface area contributed by atoms with Crippen LogP contribution in [-0.2, 0) is 27.5 Å². The second-order valence-corrected chi connectivity index (χ2v) is 9.09. The topological polar surface area (TPSA) is 84.3 Å². The van der Waals surface area contributed by atoms with E-state index in [1.165, 1.54) is 0 Å². The maximum atomic E-state index is 12.7. The summed E-state index contributed by atoms with van der Waals surface area (Å²) in [4.78, 5) is 39.3. The first-order valence-electron chi connectivity index (χ1n) is 11.9. The normalized spacial score (nSPS) is 19.8. The number of benzene rings is 2. The highest BCUT2D eigenvalue weighted by Crippen LogP contribution is 2.37. The molecule has 2 aromatic carbocycles. The highest BCUT2D eigenvalue weighted by Gasteiger charge is 2.48. The molecule has 1 saturated heterocycles. The van der Waals surface area contributed by atoms with Crippen LogP contribution in [0.1, 0.15) is 36.8 Å². The molecule has 0 bridgehead atoms. The van der Waals surface area contributed by atoms with Gasteiger partial charge in [-0.3, -0.25) is 24.0 Å². The van der Waals surface area contributed by atoms with E-state index in [-0.39, 0.29) is 42.6 Å². The van der Waals surface area contributed by atoms with Gasteiger partial charge in [-0.1, -0.05) is 73.5 Å². The minimum absolute atomic E-state index is 0.189. The summed E-state index contributed by atoms with van der Waals surface area (Å²) in [5.41, 5.74) is 3.78. The molecule has 7 heteroatoms. The number of hydrogen-bond donors (Lipinski definition) is 1. The van der Waals surface area contributed by atoms with Crippen molar-refractivity contribution in [1.82, 2.24) is 20.0 Å². The number of fused-ring (bicyclic) bond motifs is 1. The Morgan fingerprint density at radius 2 is 1.53 bits per heavy atom. The van der Waals surface area contributed by atoms with Crippen molar-refractivity contribution in [2.24, 2.45) is 11.8 Å². The molecule has 3 amide bonds. The Morgan fingerprint density at radius 3 is 2.18 bits per heavy atom. The average molecular weight is 457 g/mol. The van der Waals surface area contributed by atoms with Gasteiger partial charge in [-0.25, -0.2) is 0 Å². The van der Waals surface area contributed by atoms with Gasteiger partial charge in [0.2, 0.25) is 17.7 Å². The molecule has 1 aliphatic heterocycles. The van der Waals surface area contributed by atoms with Gasteiger partial charge in [-0.15, -0.1) is 0 Å². The molecule has 1 saturated carbocycles. The zero-order valence-corrected chi connectivity index (χ0v) is 19.0. The van der Waals surface area contributed by atoms with Crippen LogP contribution < -0.4 is 5.32 Å². The molecule has 2 heterocycles. The Kier molecular flexibility index (Phi) is 6.25. The maximum absolute atomic E-state index is 12.7. The van der Waals surface area contributed by atoms with Crippen molar-refractivity contribution in [3.8, 4) is 11.3 Å². The SMILES string of the molecule is O=C(CN1C(=O)[C@H]2CCCC[C@H]2C1=O)NCc1cn(Cc2ccccc2)nc1-c1ccccc1. The monoisotopic (exact) mass is 456 g/mol. The molecule has 1 N–H and O–H groups in total. The van der Waals surface area contributed by atoms with Gasteiger partial charge in [-0.05, 0) is 18.4 Å². The highest BCUT2D eigenvalue weighted by molar-refractivity contribution is 6.07.